The van der Waals surface area contributed by atoms with Gasteiger partial charge in [0.25, 0.3) is 5.91 Å². The molecule has 4 fully saturated rings. The number of halogens is 1. The quantitative estimate of drug-likeness (QED) is 0.605. The lowest BCUT2D eigenvalue weighted by Gasteiger charge is -2.46. The van der Waals surface area contributed by atoms with Crippen molar-refractivity contribution in [1.82, 2.24) is 5.43 Å². The van der Waals surface area contributed by atoms with Crippen LogP contribution in [0.5, 0.6) is 0 Å². The Morgan fingerprint density at radius 3 is 2.29 bits per heavy atom. The zero-order valence-electron chi connectivity index (χ0n) is 15.7. The molecular weight excluding hydrogens is 355 g/mol. The van der Waals surface area contributed by atoms with Crippen molar-refractivity contribution in [2.75, 3.05) is 39.3 Å². The van der Waals surface area contributed by atoms with E-state index in [1.54, 1.807) is 9.80 Å². The molecule has 2 aromatic rings. The Morgan fingerprint density at radius 1 is 1.00 bits per heavy atom. The Morgan fingerprint density at radius 2 is 1.64 bits per heavy atom. The largest absolute Gasteiger partial charge is 0.328 e. The number of nitrogens with one attached hydrogen (secondary N) is 3. The average Bonchev–Trinajstić information content (AvgIpc) is 2.96. The van der Waals surface area contributed by atoms with Crippen molar-refractivity contribution in [3.8, 4) is 0 Å². The topological polar surface area (TPSA) is 50.3 Å². The fourth-order valence-electron chi connectivity index (χ4n) is 5.41. The van der Waals surface area contributed by atoms with Gasteiger partial charge in [-0.1, -0.05) is 30.3 Å². The van der Waals surface area contributed by atoms with Crippen LogP contribution in [-0.4, -0.2) is 50.9 Å². The second-order valence-corrected chi connectivity index (χ2v) is 8.35. The molecule has 144 valence electrons. The lowest BCUT2D eigenvalue weighted by atomic mass is 9.66. The molecule has 4 saturated heterocycles. The van der Waals surface area contributed by atoms with Crippen LogP contribution >= 0.6 is 0 Å². The molecule has 3 N–H and O–H groups in total. The van der Waals surface area contributed by atoms with Crippen LogP contribution in [0.2, 0.25) is 0 Å². The Hall–Kier alpha value is -2.57. The highest BCUT2D eigenvalue weighted by atomic mass is 19.1. The van der Waals surface area contributed by atoms with Crippen LogP contribution in [0.1, 0.15) is 15.9 Å². The molecule has 0 aromatic heterocycles. The molecule has 4 aliphatic heterocycles. The van der Waals surface area contributed by atoms with Crippen LogP contribution in [0.25, 0.3) is 0 Å². The summed E-state index contributed by atoms with van der Waals surface area (Å²) in [5.41, 5.74) is 5.48. The van der Waals surface area contributed by atoms with Gasteiger partial charge in [-0.05, 0) is 29.8 Å². The summed E-state index contributed by atoms with van der Waals surface area (Å²) in [5.74, 6) is -0.261. The van der Waals surface area contributed by atoms with Gasteiger partial charge in [0, 0.05) is 5.56 Å². The first kappa shape index (κ1) is 17.5. The highest BCUT2D eigenvalue weighted by molar-refractivity contribution is 6.00. The van der Waals surface area contributed by atoms with E-state index >= 15 is 0 Å². The standard InChI is InChI=1S/C22H23FN4O/c23-19-8-6-16(7-9-19)21(28)25-24-20-17-12-26-10-11-27(13-17)15-22(20,14-26)18-4-2-1-3-5-18/h1-9,17H,10-15H2,(H,25,28)/p+2. The Balaban J connectivity index is 1.50. The van der Waals surface area contributed by atoms with Crippen LogP contribution in [0.3, 0.4) is 0 Å². The summed E-state index contributed by atoms with van der Waals surface area (Å²) in [6.45, 7) is 6.64. The molecule has 28 heavy (non-hydrogen) atoms. The first-order valence-electron chi connectivity index (χ1n) is 10.0. The summed E-state index contributed by atoms with van der Waals surface area (Å²) >= 11 is 0. The van der Waals surface area contributed by atoms with E-state index in [9.17, 15) is 9.18 Å². The Kier molecular flexibility index (Phi) is 4.25. The van der Waals surface area contributed by atoms with Gasteiger partial charge in [-0.25, -0.2) is 9.82 Å². The molecule has 1 amide bonds. The van der Waals surface area contributed by atoms with Gasteiger partial charge in [-0.3, -0.25) is 4.79 Å². The maximum absolute atomic E-state index is 13.1. The number of carbonyl (C=O) groups excluding carboxylic acids is 1. The van der Waals surface area contributed by atoms with E-state index in [1.165, 1.54) is 42.9 Å². The number of nitrogens with zero attached hydrogens (tertiary/aromatic N) is 1. The molecule has 2 unspecified atom stereocenters. The van der Waals surface area contributed by atoms with Gasteiger partial charge in [0.1, 0.15) is 24.3 Å². The predicted molar refractivity (Wildman–Crippen MR) is 104 cm³/mol. The first-order valence-corrected chi connectivity index (χ1v) is 10.0. The van der Waals surface area contributed by atoms with Gasteiger partial charge in [-0.2, -0.15) is 5.10 Å². The van der Waals surface area contributed by atoms with Crippen molar-refractivity contribution in [3.63, 3.8) is 0 Å². The summed E-state index contributed by atoms with van der Waals surface area (Å²) in [4.78, 5) is 15.8. The zero-order valence-corrected chi connectivity index (χ0v) is 15.7. The maximum atomic E-state index is 13.1. The van der Waals surface area contributed by atoms with E-state index in [-0.39, 0.29) is 17.1 Å². The summed E-state index contributed by atoms with van der Waals surface area (Å²) < 4.78 is 13.1. The molecule has 5 nitrogen and oxygen atoms in total. The average molecular weight is 380 g/mol. The molecule has 4 aliphatic rings. The molecule has 2 aromatic carbocycles. The molecule has 0 spiro atoms. The second kappa shape index (κ2) is 6.79. The van der Waals surface area contributed by atoms with Crippen molar-refractivity contribution in [2.24, 2.45) is 11.0 Å². The number of piperidine rings is 2. The molecule has 6 heteroatoms. The molecule has 0 saturated carbocycles. The van der Waals surface area contributed by atoms with E-state index in [1.807, 2.05) is 6.07 Å². The number of carbonyl (C=O) groups is 1. The number of quaternary nitrogens is 2. The number of hydrazone groups is 1. The summed E-state index contributed by atoms with van der Waals surface area (Å²) in [5, 5.41) is 4.71. The van der Waals surface area contributed by atoms with Crippen molar-refractivity contribution >= 4 is 11.6 Å². The Bertz CT molecular complexity index is 896. The number of hydrogen-bond donors (Lipinski definition) is 3. The number of amides is 1. The van der Waals surface area contributed by atoms with Crippen molar-refractivity contribution in [1.29, 1.82) is 0 Å². The third kappa shape index (κ3) is 2.93. The number of benzene rings is 2. The van der Waals surface area contributed by atoms with E-state index in [0.29, 0.717) is 11.5 Å². The summed E-state index contributed by atoms with van der Waals surface area (Å²) in [6, 6.07) is 16.2. The van der Waals surface area contributed by atoms with Gasteiger partial charge < -0.3 is 9.80 Å². The molecule has 4 heterocycles. The monoisotopic (exact) mass is 380 g/mol. The third-order valence-electron chi connectivity index (χ3n) is 6.59. The fourth-order valence-corrected chi connectivity index (χ4v) is 5.41. The van der Waals surface area contributed by atoms with E-state index < -0.39 is 0 Å². The lowest BCUT2D eigenvalue weighted by Crippen LogP contribution is -3.17. The summed E-state index contributed by atoms with van der Waals surface area (Å²) in [6.07, 6.45) is 0. The highest BCUT2D eigenvalue weighted by Crippen LogP contribution is 2.31. The number of rotatable bonds is 3. The van der Waals surface area contributed by atoms with Gasteiger partial charge in [0.2, 0.25) is 0 Å². The van der Waals surface area contributed by atoms with Gasteiger partial charge in [0.15, 0.2) is 0 Å². The SMILES string of the molecule is O=C(NN=C1C2C[NH+]3CC[NH+](C2)CC1(c1ccccc1)C3)c1ccc(F)cc1. The van der Waals surface area contributed by atoms with Gasteiger partial charge in [0.05, 0.1) is 37.8 Å². The zero-order chi connectivity index (χ0) is 19.1. The smallest absolute Gasteiger partial charge is 0.271 e. The first-order chi connectivity index (χ1) is 13.6. The normalized spacial score (nSPS) is 32.3. The van der Waals surface area contributed by atoms with Crippen LogP contribution in [0.15, 0.2) is 59.7 Å². The number of fused-ring (bicyclic) bond motifs is 1. The van der Waals surface area contributed by atoms with Crippen LogP contribution in [-0.2, 0) is 5.41 Å². The minimum absolute atomic E-state index is 0.125. The fraction of sp³-hybridized carbons (Fsp3) is 0.364. The van der Waals surface area contributed by atoms with Crippen molar-refractivity contribution in [2.45, 2.75) is 5.41 Å². The lowest BCUT2D eigenvalue weighted by molar-refractivity contribution is -0.918. The van der Waals surface area contributed by atoms with Gasteiger partial charge >= 0.3 is 0 Å². The minimum atomic E-state index is -0.350. The van der Waals surface area contributed by atoms with E-state index in [0.717, 1.165) is 31.9 Å². The summed E-state index contributed by atoms with van der Waals surface area (Å²) in [7, 11) is 0. The predicted octanol–water partition coefficient (Wildman–Crippen LogP) is -0.724. The van der Waals surface area contributed by atoms with E-state index in [4.69, 9.17) is 5.10 Å². The molecular formula is C22H25FN4O+2. The van der Waals surface area contributed by atoms with Crippen LogP contribution in [0.4, 0.5) is 4.39 Å². The molecule has 2 atom stereocenters. The van der Waals surface area contributed by atoms with E-state index in [2.05, 4.69) is 29.7 Å². The van der Waals surface area contributed by atoms with Gasteiger partial charge in [-0.15, -0.1) is 0 Å². The van der Waals surface area contributed by atoms with Crippen LogP contribution in [0, 0.1) is 11.7 Å². The van der Waals surface area contributed by atoms with Crippen molar-refractivity contribution in [3.05, 3.63) is 71.5 Å². The van der Waals surface area contributed by atoms with Crippen molar-refractivity contribution < 1.29 is 19.0 Å². The molecule has 0 aliphatic carbocycles. The minimum Gasteiger partial charge on any atom is -0.328 e. The third-order valence-corrected chi connectivity index (χ3v) is 6.59. The Labute approximate surface area is 163 Å². The second-order valence-electron chi connectivity index (χ2n) is 8.35. The maximum Gasteiger partial charge on any atom is 0.271 e. The molecule has 4 bridgehead atoms. The number of hydrogen-bond acceptors (Lipinski definition) is 2. The van der Waals surface area contributed by atoms with Crippen LogP contribution < -0.4 is 15.2 Å². The molecule has 6 rings (SSSR count). The molecule has 0 radical (unpaired) electrons. The highest BCUT2D eigenvalue weighted by Gasteiger charge is 2.58.